The Kier molecular flexibility index (Phi) is 4.33. The van der Waals surface area contributed by atoms with Crippen LogP contribution in [0.15, 0.2) is 41.3 Å². The lowest BCUT2D eigenvalue weighted by atomic mass is 10.2. The molecular weight excluding hydrogens is 309 g/mol. The fourth-order valence-electron chi connectivity index (χ4n) is 1.76. The van der Waals surface area contributed by atoms with Crippen molar-refractivity contribution in [3.05, 3.63) is 53.3 Å². The number of methoxy groups -OCH3 is 1. The van der Waals surface area contributed by atoms with Gasteiger partial charge in [-0.25, -0.2) is 4.39 Å². The van der Waals surface area contributed by atoms with E-state index in [-0.39, 0.29) is 22.0 Å². The van der Waals surface area contributed by atoms with Gasteiger partial charge in [0, 0.05) is 0 Å². The predicted molar refractivity (Wildman–Crippen MR) is 76.7 cm³/mol. The minimum atomic E-state index is -4.21. The molecular formula is C15H12FNO4S. The molecule has 0 aliphatic rings. The average molecular weight is 321 g/mol. The number of rotatable bonds is 4. The van der Waals surface area contributed by atoms with Crippen LogP contribution in [0.5, 0.6) is 11.5 Å². The van der Waals surface area contributed by atoms with Crippen molar-refractivity contribution in [2.45, 2.75) is 11.8 Å². The zero-order chi connectivity index (χ0) is 16.3. The van der Waals surface area contributed by atoms with E-state index in [1.165, 1.54) is 13.2 Å². The molecule has 0 N–H and O–H groups in total. The SMILES string of the molecule is COc1cc(C)ccc1OS(=O)(=O)c1ccc(F)c(C#N)c1. The van der Waals surface area contributed by atoms with Gasteiger partial charge in [-0.15, -0.1) is 0 Å². The molecule has 0 aliphatic carbocycles. The molecule has 0 aromatic heterocycles. The van der Waals surface area contributed by atoms with Crippen molar-refractivity contribution in [3.8, 4) is 17.6 Å². The highest BCUT2D eigenvalue weighted by molar-refractivity contribution is 7.87. The number of hydrogen-bond acceptors (Lipinski definition) is 5. The molecule has 7 heteroatoms. The second kappa shape index (κ2) is 6.03. The molecule has 22 heavy (non-hydrogen) atoms. The van der Waals surface area contributed by atoms with Crippen molar-refractivity contribution >= 4 is 10.1 Å². The van der Waals surface area contributed by atoms with Gasteiger partial charge in [0.05, 0.1) is 12.7 Å². The lowest BCUT2D eigenvalue weighted by Gasteiger charge is -2.11. The highest BCUT2D eigenvalue weighted by atomic mass is 32.2. The molecule has 0 amide bonds. The lowest BCUT2D eigenvalue weighted by Crippen LogP contribution is -2.11. The Bertz CT molecular complexity index is 856. The second-order valence-corrected chi connectivity index (χ2v) is 5.99. The van der Waals surface area contributed by atoms with Crippen LogP contribution in [0.2, 0.25) is 0 Å². The van der Waals surface area contributed by atoms with Crippen LogP contribution in [0.4, 0.5) is 4.39 Å². The zero-order valence-corrected chi connectivity index (χ0v) is 12.6. The van der Waals surface area contributed by atoms with Crippen molar-refractivity contribution in [1.82, 2.24) is 0 Å². The average Bonchev–Trinajstić information content (AvgIpc) is 2.49. The summed E-state index contributed by atoms with van der Waals surface area (Å²) >= 11 is 0. The number of nitriles is 1. The number of aryl methyl sites for hydroxylation is 1. The zero-order valence-electron chi connectivity index (χ0n) is 11.8. The first-order valence-electron chi connectivity index (χ1n) is 6.16. The first-order valence-corrected chi connectivity index (χ1v) is 7.57. The molecule has 2 rings (SSSR count). The summed E-state index contributed by atoms with van der Waals surface area (Å²) in [5, 5.41) is 8.77. The molecule has 0 aliphatic heterocycles. The normalized spacial score (nSPS) is 10.8. The second-order valence-electron chi connectivity index (χ2n) is 4.45. The number of nitrogens with zero attached hydrogens (tertiary/aromatic N) is 1. The fraction of sp³-hybridized carbons (Fsp3) is 0.133. The van der Waals surface area contributed by atoms with E-state index < -0.39 is 15.9 Å². The van der Waals surface area contributed by atoms with Crippen molar-refractivity contribution in [3.63, 3.8) is 0 Å². The summed E-state index contributed by atoms with van der Waals surface area (Å²) in [7, 11) is -2.82. The monoisotopic (exact) mass is 321 g/mol. The summed E-state index contributed by atoms with van der Waals surface area (Å²) in [6.45, 7) is 1.82. The summed E-state index contributed by atoms with van der Waals surface area (Å²) in [6, 6.07) is 9.19. The number of hydrogen-bond donors (Lipinski definition) is 0. The maximum Gasteiger partial charge on any atom is 0.339 e. The smallest absolute Gasteiger partial charge is 0.339 e. The van der Waals surface area contributed by atoms with E-state index in [1.54, 1.807) is 18.2 Å². The number of halogens is 1. The molecule has 114 valence electrons. The molecule has 0 fully saturated rings. The van der Waals surface area contributed by atoms with Crippen molar-refractivity contribution in [1.29, 1.82) is 5.26 Å². The van der Waals surface area contributed by atoms with Gasteiger partial charge < -0.3 is 8.92 Å². The van der Waals surface area contributed by atoms with Gasteiger partial charge in [-0.1, -0.05) is 6.07 Å². The van der Waals surface area contributed by atoms with Gasteiger partial charge in [0.2, 0.25) is 0 Å². The quantitative estimate of drug-likeness (QED) is 0.809. The van der Waals surface area contributed by atoms with E-state index in [2.05, 4.69) is 0 Å². The third-order valence-corrected chi connectivity index (χ3v) is 4.10. The van der Waals surface area contributed by atoms with Crippen LogP contribution in [0.1, 0.15) is 11.1 Å². The predicted octanol–water partition coefficient (Wildman–Crippen LogP) is 2.78. The molecule has 0 saturated carbocycles. The van der Waals surface area contributed by atoms with Gasteiger partial charge in [-0.05, 0) is 42.8 Å². The van der Waals surface area contributed by atoms with Crippen molar-refractivity contribution in [2.24, 2.45) is 0 Å². The molecule has 0 saturated heterocycles. The summed E-state index contributed by atoms with van der Waals surface area (Å²) in [5.41, 5.74) is 0.496. The van der Waals surface area contributed by atoms with E-state index in [1.807, 2.05) is 6.92 Å². The molecule has 5 nitrogen and oxygen atoms in total. The van der Waals surface area contributed by atoms with E-state index in [0.29, 0.717) is 0 Å². The fourth-order valence-corrected chi connectivity index (χ4v) is 2.72. The van der Waals surface area contributed by atoms with Gasteiger partial charge in [-0.2, -0.15) is 13.7 Å². The third-order valence-electron chi connectivity index (χ3n) is 2.87. The van der Waals surface area contributed by atoms with Crippen molar-refractivity contribution in [2.75, 3.05) is 7.11 Å². The van der Waals surface area contributed by atoms with Crippen LogP contribution in [-0.2, 0) is 10.1 Å². The van der Waals surface area contributed by atoms with Crippen LogP contribution < -0.4 is 8.92 Å². The van der Waals surface area contributed by atoms with Crippen LogP contribution in [-0.4, -0.2) is 15.5 Å². The maximum absolute atomic E-state index is 13.3. The Morgan fingerprint density at radius 1 is 1.14 bits per heavy atom. The molecule has 2 aromatic rings. The Hall–Kier alpha value is -2.59. The van der Waals surface area contributed by atoms with Gasteiger partial charge >= 0.3 is 10.1 Å². The van der Waals surface area contributed by atoms with Gasteiger partial charge in [0.1, 0.15) is 16.8 Å². The Morgan fingerprint density at radius 2 is 1.86 bits per heavy atom. The van der Waals surface area contributed by atoms with Crippen LogP contribution in [0.3, 0.4) is 0 Å². The van der Waals surface area contributed by atoms with Gasteiger partial charge in [0.25, 0.3) is 0 Å². The Labute approximate surface area is 127 Å². The van der Waals surface area contributed by atoms with Crippen LogP contribution in [0.25, 0.3) is 0 Å². The molecule has 0 spiro atoms. The summed E-state index contributed by atoms with van der Waals surface area (Å²) in [5.74, 6) is -0.531. The highest BCUT2D eigenvalue weighted by Gasteiger charge is 2.20. The lowest BCUT2D eigenvalue weighted by molar-refractivity contribution is 0.390. The summed E-state index contributed by atoms with van der Waals surface area (Å²) < 4.78 is 47.8. The number of benzene rings is 2. The number of ether oxygens (including phenoxy) is 1. The summed E-state index contributed by atoms with van der Waals surface area (Å²) in [4.78, 5) is -0.312. The molecule has 0 bridgehead atoms. The van der Waals surface area contributed by atoms with E-state index in [0.717, 1.165) is 23.8 Å². The van der Waals surface area contributed by atoms with E-state index in [9.17, 15) is 12.8 Å². The Morgan fingerprint density at radius 3 is 2.50 bits per heavy atom. The molecule has 0 unspecified atom stereocenters. The maximum atomic E-state index is 13.3. The molecule has 0 heterocycles. The van der Waals surface area contributed by atoms with Crippen LogP contribution in [0, 0.1) is 24.1 Å². The largest absolute Gasteiger partial charge is 0.493 e. The van der Waals surface area contributed by atoms with Gasteiger partial charge in [0.15, 0.2) is 11.5 Å². The van der Waals surface area contributed by atoms with Crippen molar-refractivity contribution < 1.29 is 21.7 Å². The first-order chi connectivity index (χ1) is 10.4. The highest BCUT2D eigenvalue weighted by Crippen LogP contribution is 2.30. The third kappa shape index (κ3) is 3.18. The van der Waals surface area contributed by atoms with Gasteiger partial charge in [-0.3, -0.25) is 0 Å². The summed E-state index contributed by atoms with van der Waals surface area (Å²) in [6.07, 6.45) is 0. The minimum absolute atomic E-state index is 0.0101. The minimum Gasteiger partial charge on any atom is -0.493 e. The van der Waals surface area contributed by atoms with E-state index in [4.69, 9.17) is 14.2 Å². The molecule has 2 aromatic carbocycles. The molecule has 0 atom stereocenters. The van der Waals surface area contributed by atoms with E-state index >= 15 is 0 Å². The van der Waals surface area contributed by atoms with Crippen LogP contribution >= 0.6 is 0 Å². The topological polar surface area (TPSA) is 76.4 Å². The molecule has 0 radical (unpaired) electrons. The standard InChI is InChI=1S/C15H12FNO4S/c1-10-3-6-14(15(7-10)20-2)21-22(18,19)12-4-5-13(16)11(8-12)9-17/h3-8H,1-2H3. The Balaban J connectivity index is 2.42. The first kappa shape index (κ1) is 15.8.